The van der Waals surface area contributed by atoms with Crippen molar-refractivity contribution in [3.05, 3.63) is 54.1 Å². The number of anilines is 1. The largest absolute Gasteiger partial charge is 0.417 e. The molecule has 29 heavy (non-hydrogen) atoms. The topological polar surface area (TPSA) is 53.5 Å². The minimum atomic E-state index is -4.74. The number of benzene rings is 2. The molecule has 0 spiro atoms. The van der Waals surface area contributed by atoms with Crippen LogP contribution in [0.4, 0.5) is 19.0 Å². The van der Waals surface area contributed by atoms with Crippen molar-refractivity contribution in [2.24, 2.45) is 0 Å². The number of nitrogens with zero attached hydrogens (tertiary/aromatic N) is 3. The first-order valence-corrected chi connectivity index (χ1v) is 11.0. The van der Waals surface area contributed by atoms with Crippen molar-refractivity contribution < 1.29 is 21.6 Å². The highest BCUT2D eigenvalue weighted by Gasteiger charge is 2.37. The monoisotopic (exact) mass is 443 g/mol. The summed E-state index contributed by atoms with van der Waals surface area (Å²) in [5.41, 5.74) is -1.15. The predicted octanol–water partition coefficient (Wildman–Crippen LogP) is 4.46. The molecule has 0 aliphatic heterocycles. The second-order valence-corrected chi connectivity index (χ2v) is 9.42. The average Bonchev–Trinajstić information content (AvgIpc) is 3.11. The molecule has 156 valence electrons. The lowest BCUT2D eigenvalue weighted by Gasteiger charge is -2.22. The molecule has 0 saturated carbocycles. The Morgan fingerprint density at radius 1 is 1.00 bits per heavy atom. The van der Waals surface area contributed by atoms with Crippen LogP contribution in [0.2, 0.25) is 0 Å². The zero-order chi connectivity index (χ0) is 21.2. The lowest BCUT2D eigenvalue weighted by molar-refractivity contribution is -0.139. The van der Waals surface area contributed by atoms with E-state index in [0.717, 1.165) is 32.3 Å². The summed E-state index contributed by atoms with van der Waals surface area (Å²) in [4.78, 5) is 1.19. The highest BCUT2D eigenvalue weighted by atomic mass is 32.2. The summed E-state index contributed by atoms with van der Waals surface area (Å²) in [5, 5.41) is 1.01. The number of halogens is 3. The Labute approximate surface area is 171 Å². The second kappa shape index (κ2) is 8.29. The van der Waals surface area contributed by atoms with E-state index in [1.54, 1.807) is 0 Å². The molecule has 0 aliphatic carbocycles. The first-order chi connectivity index (χ1) is 13.6. The van der Waals surface area contributed by atoms with Crippen LogP contribution in [0, 0.1) is 0 Å². The molecule has 0 atom stereocenters. The molecular formula is C19H20F3N3O2S2. The molecule has 3 rings (SSSR count). The van der Waals surface area contributed by atoms with Crippen molar-refractivity contribution in [1.82, 2.24) is 8.68 Å². The Bertz CT molecular complexity index is 1100. The van der Waals surface area contributed by atoms with Crippen LogP contribution in [-0.2, 0) is 16.2 Å². The highest BCUT2D eigenvalue weighted by molar-refractivity contribution is 7.89. The minimum absolute atomic E-state index is 0.0843. The Kier molecular flexibility index (Phi) is 6.16. The fourth-order valence-electron chi connectivity index (χ4n) is 3.00. The van der Waals surface area contributed by atoms with Crippen LogP contribution < -0.4 is 4.90 Å². The van der Waals surface area contributed by atoms with Gasteiger partial charge in [-0.15, -0.1) is 0 Å². The summed E-state index contributed by atoms with van der Waals surface area (Å²) in [7, 11) is -1.11. The maximum atomic E-state index is 13.2. The Balaban J connectivity index is 1.68. The summed E-state index contributed by atoms with van der Waals surface area (Å²) in [6.07, 6.45) is -4.30. The number of alkyl halides is 3. The van der Waals surface area contributed by atoms with E-state index in [-0.39, 0.29) is 6.54 Å². The maximum absolute atomic E-state index is 13.2. The van der Waals surface area contributed by atoms with Gasteiger partial charge in [-0.05, 0) is 42.2 Å². The van der Waals surface area contributed by atoms with Crippen LogP contribution >= 0.6 is 11.5 Å². The van der Waals surface area contributed by atoms with Crippen molar-refractivity contribution in [2.45, 2.75) is 17.5 Å². The molecule has 0 unspecified atom stereocenters. The summed E-state index contributed by atoms with van der Waals surface area (Å²) in [6.45, 7) is 0.593. The van der Waals surface area contributed by atoms with Crippen molar-refractivity contribution >= 4 is 37.5 Å². The third-order valence-corrected chi connectivity index (χ3v) is 7.30. The lowest BCUT2D eigenvalue weighted by atomic mass is 10.2. The standard InChI is InChI=1S/C19H20F3N3O2S2/c1-24(18-14-8-3-5-10-16(14)28-23-18)12-7-13-25(2)29(26,27)17-11-6-4-9-15(17)19(20,21)22/h3-6,8-11H,7,12-13H2,1-2H3. The normalized spacial score (nSPS) is 12.6. The van der Waals surface area contributed by atoms with Gasteiger partial charge in [-0.1, -0.05) is 24.3 Å². The Hall–Kier alpha value is -2.17. The minimum Gasteiger partial charge on any atom is -0.358 e. The van der Waals surface area contributed by atoms with Gasteiger partial charge in [0.2, 0.25) is 10.0 Å². The SMILES string of the molecule is CN(CCCN(C)S(=O)(=O)c1ccccc1C(F)(F)F)c1nsc2ccccc12. The molecule has 1 heterocycles. The molecule has 3 aromatic rings. The van der Waals surface area contributed by atoms with Gasteiger partial charge in [0.05, 0.1) is 15.2 Å². The van der Waals surface area contributed by atoms with Gasteiger partial charge in [0.15, 0.2) is 0 Å². The van der Waals surface area contributed by atoms with Crippen LogP contribution in [0.15, 0.2) is 53.4 Å². The van der Waals surface area contributed by atoms with Gasteiger partial charge < -0.3 is 4.90 Å². The summed E-state index contributed by atoms with van der Waals surface area (Å²) in [5.74, 6) is 0.804. The number of hydrogen-bond acceptors (Lipinski definition) is 5. The molecule has 0 fully saturated rings. The molecule has 0 saturated heterocycles. The summed E-state index contributed by atoms with van der Waals surface area (Å²) in [6, 6.07) is 12.0. The molecule has 0 bridgehead atoms. The Morgan fingerprint density at radius 2 is 1.66 bits per heavy atom. The average molecular weight is 444 g/mol. The molecule has 0 aliphatic rings. The van der Waals surface area contributed by atoms with E-state index >= 15 is 0 Å². The number of fused-ring (bicyclic) bond motifs is 1. The zero-order valence-corrected chi connectivity index (χ0v) is 17.5. The number of rotatable bonds is 7. The first-order valence-electron chi connectivity index (χ1n) is 8.80. The fraction of sp³-hybridized carbons (Fsp3) is 0.316. The summed E-state index contributed by atoms with van der Waals surface area (Å²) >= 11 is 1.38. The first kappa shape index (κ1) is 21.5. The third-order valence-electron chi connectivity index (χ3n) is 4.57. The van der Waals surface area contributed by atoms with Gasteiger partial charge >= 0.3 is 6.18 Å². The van der Waals surface area contributed by atoms with E-state index in [1.807, 2.05) is 36.2 Å². The van der Waals surface area contributed by atoms with E-state index in [9.17, 15) is 21.6 Å². The molecule has 2 aromatic carbocycles. The molecule has 0 radical (unpaired) electrons. The smallest absolute Gasteiger partial charge is 0.358 e. The third kappa shape index (κ3) is 4.54. The molecule has 0 amide bonds. The quantitative estimate of drug-likeness (QED) is 0.541. The van der Waals surface area contributed by atoms with Gasteiger partial charge in [-0.25, -0.2) is 12.7 Å². The fourth-order valence-corrected chi connectivity index (χ4v) is 5.24. The number of hydrogen-bond donors (Lipinski definition) is 0. The second-order valence-electron chi connectivity index (χ2n) is 6.60. The maximum Gasteiger partial charge on any atom is 0.417 e. The molecular weight excluding hydrogens is 423 g/mol. The van der Waals surface area contributed by atoms with Crippen molar-refractivity contribution in [3.63, 3.8) is 0 Å². The predicted molar refractivity (Wildman–Crippen MR) is 109 cm³/mol. The van der Waals surface area contributed by atoms with Crippen molar-refractivity contribution in [3.8, 4) is 0 Å². The zero-order valence-electron chi connectivity index (χ0n) is 15.8. The van der Waals surface area contributed by atoms with Crippen LogP contribution in [0.3, 0.4) is 0 Å². The van der Waals surface area contributed by atoms with Gasteiger partial charge in [0, 0.05) is 32.6 Å². The highest BCUT2D eigenvalue weighted by Crippen LogP contribution is 2.35. The molecule has 0 N–H and O–H groups in total. The van der Waals surface area contributed by atoms with E-state index in [2.05, 4.69) is 4.37 Å². The van der Waals surface area contributed by atoms with Crippen molar-refractivity contribution in [1.29, 1.82) is 0 Å². The molecule has 5 nitrogen and oxygen atoms in total. The Morgan fingerprint density at radius 3 is 2.38 bits per heavy atom. The summed E-state index contributed by atoms with van der Waals surface area (Å²) < 4.78 is 71.4. The van der Waals surface area contributed by atoms with Crippen LogP contribution in [0.1, 0.15) is 12.0 Å². The van der Waals surface area contributed by atoms with Crippen LogP contribution in [0.25, 0.3) is 10.1 Å². The van der Waals surface area contributed by atoms with Gasteiger partial charge in [-0.2, -0.15) is 17.5 Å². The molecule has 1 aromatic heterocycles. The van der Waals surface area contributed by atoms with Gasteiger partial charge in [0.25, 0.3) is 0 Å². The van der Waals surface area contributed by atoms with E-state index < -0.39 is 26.7 Å². The number of sulfonamides is 1. The molecule has 10 heteroatoms. The van der Waals surface area contributed by atoms with Crippen LogP contribution in [0.5, 0.6) is 0 Å². The van der Waals surface area contributed by atoms with Gasteiger partial charge in [0.1, 0.15) is 5.82 Å². The van der Waals surface area contributed by atoms with E-state index in [1.165, 1.54) is 30.7 Å². The number of aromatic nitrogens is 1. The van der Waals surface area contributed by atoms with E-state index in [0.29, 0.717) is 13.0 Å². The van der Waals surface area contributed by atoms with E-state index in [4.69, 9.17) is 0 Å². The van der Waals surface area contributed by atoms with Gasteiger partial charge in [-0.3, -0.25) is 0 Å². The van der Waals surface area contributed by atoms with Crippen molar-refractivity contribution in [2.75, 3.05) is 32.1 Å². The lowest BCUT2D eigenvalue weighted by Crippen LogP contribution is -2.32. The van der Waals surface area contributed by atoms with Crippen LogP contribution in [-0.4, -0.2) is 44.3 Å².